The summed E-state index contributed by atoms with van der Waals surface area (Å²) < 4.78 is 15.5. The minimum atomic E-state index is -0.653. The van der Waals surface area contributed by atoms with E-state index in [4.69, 9.17) is 5.11 Å². The third kappa shape index (κ3) is 5.41. The van der Waals surface area contributed by atoms with E-state index in [-0.39, 0.29) is 24.2 Å². The van der Waals surface area contributed by atoms with Crippen LogP contribution in [0.1, 0.15) is 28.8 Å². The number of aromatic nitrogens is 3. The van der Waals surface area contributed by atoms with Gasteiger partial charge in [-0.3, -0.25) is 9.69 Å². The molecule has 4 N–H and O–H groups in total. The van der Waals surface area contributed by atoms with Crippen LogP contribution in [0.3, 0.4) is 0 Å². The highest BCUT2D eigenvalue weighted by Gasteiger charge is 2.31. The van der Waals surface area contributed by atoms with E-state index in [0.29, 0.717) is 30.4 Å². The van der Waals surface area contributed by atoms with Crippen LogP contribution >= 0.6 is 0 Å². The number of rotatable bonds is 8. The van der Waals surface area contributed by atoms with Crippen molar-refractivity contribution in [3.63, 3.8) is 0 Å². The van der Waals surface area contributed by atoms with Crippen molar-refractivity contribution < 1.29 is 14.3 Å². The van der Waals surface area contributed by atoms with Crippen LogP contribution < -0.4 is 20.9 Å². The van der Waals surface area contributed by atoms with E-state index in [1.54, 1.807) is 29.4 Å². The van der Waals surface area contributed by atoms with Crippen LogP contribution in [0.5, 0.6) is 0 Å². The third-order valence-corrected chi connectivity index (χ3v) is 6.59. The quantitative estimate of drug-likeness (QED) is 0.278. The number of anilines is 4. The first-order valence-corrected chi connectivity index (χ1v) is 12.7. The Hall–Kier alpha value is -4.15. The largest absolute Gasteiger partial charge is 0.395 e. The predicted molar refractivity (Wildman–Crippen MR) is 146 cm³/mol. The first-order chi connectivity index (χ1) is 18.5. The third-order valence-electron chi connectivity index (χ3n) is 6.59. The zero-order valence-electron chi connectivity index (χ0n) is 21.1. The number of aryl methyl sites for hydroxylation is 1. The summed E-state index contributed by atoms with van der Waals surface area (Å²) in [6, 6.07) is 13.8. The molecule has 9 nitrogen and oxygen atoms in total. The molecule has 4 aromatic rings. The lowest BCUT2D eigenvalue weighted by molar-refractivity contribution is 0.0968. The summed E-state index contributed by atoms with van der Waals surface area (Å²) in [5, 5.41) is 20.2. The fraction of sp³-hybridized carbons (Fsp3) is 0.286. The van der Waals surface area contributed by atoms with Crippen molar-refractivity contribution in [2.75, 3.05) is 41.8 Å². The molecule has 5 rings (SSSR count). The molecule has 1 aliphatic heterocycles. The Morgan fingerprint density at radius 1 is 1.18 bits per heavy atom. The Morgan fingerprint density at radius 2 is 2.05 bits per heavy atom. The number of aliphatic hydroxyl groups is 1. The summed E-state index contributed by atoms with van der Waals surface area (Å²) in [7, 11) is 0. The van der Waals surface area contributed by atoms with Gasteiger partial charge in [0.1, 0.15) is 17.5 Å². The summed E-state index contributed by atoms with van der Waals surface area (Å²) in [6.07, 6.45) is 4.96. The highest BCUT2D eigenvalue weighted by molar-refractivity contribution is 6.11. The van der Waals surface area contributed by atoms with Crippen LogP contribution in [0.15, 0.2) is 60.9 Å². The average Bonchev–Trinajstić information content (AvgIpc) is 2.93. The van der Waals surface area contributed by atoms with Gasteiger partial charge in [-0.05, 0) is 67.6 Å². The van der Waals surface area contributed by atoms with Crippen LogP contribution in [0.25, 0.3) is 10.8 Å². The maximum atomic E-state index is 15.5. The van der Waals surface area contributed by atoms with Crippen molar-refractivity contribution in [2.45, 2.75) is 25.8 Å². The Kier molecular flexibility index (Phi) is 7.71. The first kappa shape index (κ1) is 25.5. The second kappa shape index (κ2) is 11.5. The first-order valence-electron chi connectivity index (χ1n) is 12.7. The zero-order valence-corrected chi connectivity index (χ0v) is 21.1. The molecule has 1 atom stereocenters. The van der Waals surface area contributed by atoms with Gasteiger partial charge in [0.25, 0.3) is 5.91 Å². The molecule has 0 bridgehead atoms. The van der Waals surface area contributed by atoms with Gasteiger partial charge in [0.2, 0.25) is 5.95 Å². The van der Waals surface area contributed by atoms with Gasteiger partial charge in [0, 0.05) is 36.6 Å². The number of aliphatic hydroxyl groups excluding tert-OH is 1. The van der Waals surface area contributed by atoms with Crippen LogP contribution in [-0.2, 0) is 0 Å². The van der Waals surface area contributed by atoms with E-state index in [2.05, 4.69) is 30.9 Å². The van der Waals surface area contributed by atoms with Crippen molar-refractivity contribution in [1.82, 2.24) is 20.3 Å². The van der Waals surface area contributed by atoms with Crippen molar-refractivity contribution in [3.8, 4) is 0 Å². The number of halogens is 1. The molecule has 196 valence electrons. The number of nitrogens with one attached hydrogen (secondary N) is 3. The fourth-order valence-electron chi connectivity index (χ4n) is 4.79. The molecule has 2 aromatic heterocycles. The highest BCUT2D eigenvalue weighted by Crippen LogP contribution is 2.32. The Bertz CT molecular complexity index is 1440. The van der Waals surface area contributed by atoms with Crippen molar-refractivity contribution >= 4 is 40.0 Å². The van der Waals surface area contributed by atoms with Crippen molar-refractivity contribution in [2.24, 2.45) is 0 Å². The molecule has 3 heterocycles. The molecule has 1 amide bonds. The topological polar surface area (TPSA) is 115 Å². The summed E-state index contributed by atoms with van der Waals surface area (Å²) in [6.45, 7) is 3.80. The number of carbonyl (C=O) groups is 1. The van der Waals surface area contributed by atoms with Crippen LogP contribution in [0.4, 0.5) is 27.7 Å². The Labute approximate surface area is 220 Å². The molecular weight excluding hydrogens is 485 g/mol. The van der Waals surface area contributed by atoms with Crippen LogP contribution in [-0.4, -0.2) is 58.2 Å². The van der Waals surface area contributed by atoms with Gasteiger partial charge in [-0.25, -0.2) is 14.4 Å². The van der Waals surface area contributed by atoms with Crippen molar-refractivity contribution in [3.05, 3.63) is 77.9 Å². The number of pyridine rings is 1. The molecule has 0 saturated carbocycles. The summed E-state index contributed by atoms with van der Waals surface area (Å²) in [5.74, 6) is 0.245. The molecule has 10 heteroatoms. The SMILES string of the molecule is Cc1cccc2ccnc(N(C(=O)c3ccc(Nc4nccc(NCCO)n4)cc3F)[C@@H]3CCCNC3)c12. The number of hydrogen-bond acceptors (Lipinski definition) is 8. The van der Waals surface area contributed by atoms with Crippen LogP contribution in [0.2, 0.25) is 0 Å². The van der Waals surface area contributed by atoms with E-state index in [9.17, 15) is 4.79 Å². The minimum Gasteiger partial charge on any atom is -0.395 e. The minimum absolute atomic E-state index is 0.0325. The maximum Gasteiger partial charge on any atom is 0.262 e. The smallest absolute Gasteiger partial charge is 0.262 e. The number of amides is 1. The fourth-order valence-corrected chi connectivity index (χ4v) is 4.79. The van der Waals surface area contributed by atoms with Crippen molar-refractivity contribution in [1.29, 1.82) is 0 Å². The Balaban J connectivity index is 1.47. The average molecular weight is 516 g/mol. The molecule has 0 unspecified atom stereocenters. The maximum absolute atomic E-state index is 15.5. The second-order valence-electron chi connectivity index (χ2n) is 9.22. The molecule has 0 radical (unpaired) electrons. The molecule has 1 fully saturated rings. The number of carbonyl (C=O) groups excluding carboxylic acids is 1. The zero-order chi connectivity index (χ0) is 26.5. The van der Waals surface area contributed by atoms with Gasteiger partial charge in [0.05, 0.1) is 18.2 Å². The lowest BCUT2D eigenvalue weighted by Crippen LogP contribution is -2.49. The lowest BCUT2D eigenvalue weighted by Gasteiger charge is -2.35. The van der Waals surface area contributed by atoms with E-state index < -0.39 is 11.7 Å². The van der Waals surface area contributed by atoms with E-state index >= 15 is 4.39 Å². The number of hydrogen-bond donors (Lipinski definition) is 4. The van der Waals surface area contributed by atoms with E-state index in [1.165, 1.54) is 12.1 Å². The van der Waals surface area contributed by atoms with Gasteiger partial charge in [0.15, 0.2) is 0 Å². The second-order valence-corrected chi connectivity index (χ2v) is 9.22. The molecule has 2 aromatic carbocycles. The van der Waals surface area contributed by atoms with Gasteiger partial charge >= 0.3 is 0 Å². The van der Waals surface area contributed by atoms with Gasteiger partial charge in [-0.2, -0.15) is 4.98 Å². The summed E-state index contributed by atoms with van der Waals surface area (Å²) >= 11 is 0. The molecule has 38 heavy (non-hydrogen) atoms. The number of piperidine rings is 1. The highest BCUT2D eigenvalue weighted by atomic mass is 19.1. The molecule has 1 saturated heterocycles. The van der Waals surface area contributed by atoms with E-state index in [0.717, 1.165) is 35.7 Å². The lowest BCUT2D eigenvalue weighted by atomic mass is 10.0. The number of benzene rings is 2. The predicted octanol–water partition coefficient (Wildman–Crippen LogP) is 4.02. The number of fused-ring (bicyclic) bond motifs is 1. The Morgan fingerprint density at radius 3 is 2.84 bits per heavy atom. The molecule has 1 aliphatic rings. The van der Waals surface area contributed by atoms with Gasteiger partial charge < -0.3 is 21.1 Å². The molecule has 0 spiro atoms. The molecule has 0 aliphatic carbocycles. The van der Waals surface area contributed by atoms with Gasteiger partial charge in [-0.15, -0.1) is 0 Å². The molecular formula is C28H30FN7O2. The van der Waals surface area contributed by atoms with Crippen LogP contribution in [0, 0.1) is 12.7 Å². The van der Waals surface area contributed by atoms with Gasteiger partial charge in [-0.1, -0.05) is 18.2 Å². The summed E-state index contributed by atoms with van der Waals surface area (Å²) in [4.78, 5) is 28.7. The monoisotopic (exact) mass is 515 g/mol. The van der Waals surface area contributed by atoms with E-state index in [1.807, 2.05) is 31.2 Å². The number of nitrogens with zero attached hydrogens (tertiary/aromatic N) is 4. The summed E-state index contributed by atoms with van der Waals surface area (Å²) in [5.41, 5.74) is 1.37. The normalized spacial score (nSPS) is 15.3. The standard InChI is InChI=1S/C28H30FN7O2/c1-18-4-2-5-19-9-12-32-26(25(18)19)36(21-6-3-11-30-17-21)27(38)22-8-7-20(16-23(22)29)34-28-33-13-10-24(35-28)31-14-15-37/h2,4-5,7-10,12-13,16,21,30,37H,3,6,11,14-15,17H2,1H3,(H2,31,33,34,35)/t21-/m1/s1.